The molecule has 2 N–H and O–H groups in total. The van der Waals surface area contributed by atoms with Crippen LogP contribution in [0.3, 0.4) is 0 Å². The van der Waals surface area contributed by atoms with E-state index in [-0.39, 0.29) is 24.0 Å². The van der Waals surface area contributed by atoms with Crippen molar-refractivity contribution in [3.05, 3.63) is 58.3 Å². The van der Waals surface area contributed by atoms with Crippen molar-refractivity contribution >= 4 is 41.3 Å². The Morgan fingerprint density at radius 3 is 2.43 bits per heavy atom. The number of nitrogens with one attached hydrogen (secondary N) is 2. The van der Waals surface area contributed by atoms with E-state index in [1.165, 1.54) is 10.4 Å². The van der Waals surface area contributed by atoms with Gasteiger partial charge < -0.3 is 15.5 Å². The Morgan fingerprint density at radius 2 is 1.87 bits per heavy atom. The SMILES string of the molecule is CN=C(NCc1ccccc1)NCC(c1cccs1)N(C)C.I. The van der Waals surface area contributed by atoms with Gasteiger partial charge in [-0.1, -0.05) is 36.4 Å². The van der Waals surface area contributed by atoms with Crippen molar-refractivity contribution in [3.8, 4) is 0 Å². The molecule has 0 radical (unpaired) electrons. The zero-order chi connectivity index (χ0) is 15.8. The van der Waals surface area contributed by atoms with Crippen LogP contribution in [0.2, 0.25) is 0 Å². The van der Waals surface area contributed by atoms with Crippen LogP contribution in [0, 0.1) is 0 Å². The van der Waals surface area contributed by atoms with E-state index in [2.05, 4.69) is 64.3 Å². The Labute approximate surface area is 160 Å². The van der Waals surface area contributed by atoms with Crippen molar-refractivity contribution in [3.63, 3.8) is 0 Å². The summed E-state index contributed by atoms with van der Waals surface area (Å²) in [5.74, 6) is 0.826. The van der Waals surface area contributed by atoms with E-state index in [0.717, 1.165) is 19.0 Å². The van der Waals surface area contributed by atoms with Gasteiger partial charge in [0.15, 0.2) is 5.96 Å². The molecule has 0 aliphatic heterocycles. The molecule has 6 heteroatoms. The number of halogens is 1. The van der Waals surface area contributed by atoms with Gasteiger partial charge in [-0.15, -0.1) is 35.3 Å². The van der Waals surface area contributed by atoms with Gasteiger partial charge >= 0.3 is 0 Å². The molecule has 0 amide bonds. The summed E-state index contributed by atoms with van der Waals surface area (Å²) >= 11 is 1.79. The monoisotopic (exact) mass is 444 g/mol. The third-order valence-corrected chi connectivity index (χ3v) is 4.46. The molecule has 0 bridgehead atoms. The van der Waals surface area contributed by atoms with Gasteiger partial charge in [0.2, 0.25) is 0 Å². The maximum atomic E-state index is 4.30. The first-order valence-corrected chi connectivity index (χ1v) is 8.27. The first-order valence-electron chi connectivity index (χ1n) is 7.39. The standard InChI is InChI=1S/C17H24N4S.HI/c1-18-17(19-12-14-8-5-4-6-9-14)20-13-15(21(2)3)16-10-7-11-22-16;/h4-11,15H,12-13H2,1-3H3,(H2,18,19,20);1H. The predicted molar refractivity (Wildman–Crippen MR) is 111 cm³/mol. The van der Waals surface area contributed by atoms with Gasteiger partial charge in [0.1, 0.15) is 0 Å². The van der Waals surface area contributed by atoms with Crippen molar-refractivity contribution in [2.45, 2.75) is 12.6 Å². The number of benzene rings is 1. The number of nitrogens with zero attached hydrogens (tertiary/aromatic N) is 2. The summed E-state index contributed by atoms with van der Waals surface area (Å²) in [5.41, 5.74) is 1.24. The van der Waals surface area contributed by atoms with Crippen LogP contribution in [-0.4, -0.2) is 38.5 Å². The molecule has 2 aromatic rings. The van der Waals surface area contributed by atoms with E-state index in [4.69, 9.17) is 0 Å². The second-order valence-corrected chi connectivity index (χ2v) is 6.27. The predicted octanol–water partition coefficient (Wildman–Crippen LogP) is 3.33. The quantitative estimate of drug-likeness (QED) is 0.408. The molecule has 1 heterocycles. The maximum absolute atomic E-state index is 4.30. The fraction of sp³-hybridized carbons (Fsp3) is 0.353. The normalized spacial score (nSPS) is 12.6. The van der Waals surface area contributed by atoms with Gasteiger partial charge in [-0.2, -0.15) is 0 Å². The molecule has 1 atom stereocenters. The van der Waals surface area contributed by atoms with Gasteiger partial charge in [-0.25, -0.2) is 0 Å². The summed E-state index contributed by atoms with van der Waals surface area (Å²) in [4.78, 5) is 7.88. The van der Waals surface area contributed by atoms with Crippen LogP contribution in [-0.2, 0) is 6.54 Å². The van der Waals surface area contributed by atoms with E-state index in [1.54, 1.807) is 18.4 Å². The second kappa shape index (κ2) is 10.6. The molecule has 0 fully saturated rings. The van der Waals surface area contributed by atoms with Crippen molar-refractivity contribution in [2.24, 2.45) is 4.99 Å². The number of likely N-dealkylation sites (N-methyl/N-ethyl adjacent to an activating group) is 1. The number of rotatable bonds is 6. The highest BCUT2D eigenvalue weighted by molar-refractivity contribution is 14.0. The molecule has 1 unspecified atom stereocenters. The van der Waals surface area contributed by atoms with Crippen LogP contribution in [0.15, 0.2) is 52.8 Å². The average Bonchev–Trinajstić information content (AvgIpc) is 3.05. The molecule has 0 saturated heterocycles. The summed E-state index contributed by atoms with van der Waals surface area (Å²) in [7, 11) is 6.01. The fourth-order valence-electron chi connectivity index (χ4n) is 2.21. The summed E-state index contributed by atoms with van der Waals surface area (Å²) in [6, 6.07) is 15.0. The molecular formula is C17H25IN4S. The highest BCUT2D eigenvalue weighted by Gasteiger charge is 2.15. The van der Waals surface area contributed by atoms with E-state index in [1.807, 2.05) is 18.2 Å². The van der Waals surface area contributed by atoms with E-state index in [9.17, 15) is 0 Å². The summed E-state index contributed by atoms with van der Waals surface area (Å²) in [5, 5.41) is 8.88. The fourth-order valence-corrected chi connectivity index (χ4v) is 3.14. The van der Waals surface area contributed by atoms with Crippen molar-refractivity contribution in [1.82, 2.24) is 15.5 Å². The Hall–Kier alpha value is -1.12. The van der Waals surface area contributed by atoms with Crippen LogP contribution in [0.5, 0.6) is 0 Å². The molecule has 1 aromatic carbocycles. The van der Waals surface area contributed by atoms with E-state index < -0.39 is 0 Å². The second-order valence-electron chi connectivity index (χ2n) is 5.29. The van der Waals surface area contributed by atoms with E-state index >= 15 is 0 Å². The lowest BCUT2D eigenvalue weighted by Gasteiger charge is -2.24. The minimum Gasteiger partial charge on any atom is -0.354 e. The first kappa shape index (κ1) is 19.9. The molecule has 0 saturated carbocycles. The minimum atomic E-state index is 0. The lowest BCUT2D eigenvalue weighted by molar-refractivity contribution is 0.302. The third-order valence-electron chi connectivity index (χ3n) is 3.48. The average molecular weight is 444 g/mol. The van der Waals surface area contributed by atoms with Crippen LogP contribution in [0.4, 0.5) is 0 Å². The van der Waals surface area contributed by atoms with Crippen LogP contribution in [0.25, 0.3) is 0 Å². The minimum absolute atomic E-state index is 0. The van der Waals surface area contributed by atoms with Crippen molar-refractivity contribution in [1.29, 1.82) is 0 Å². The largest absolute Gasteiger partial charge is 0.354 e. The summed E-state index contributed by atoms with van der Waals surface area (Å²) in [6.45, 7) is 1.59. The third kappa shape index (κ3) is 6.48. The van der Waals surface area contributed by atoms with Gasteiger partial charge in [0, 0.05) is 25.0 Å². The number of guanidine groups is 1. The van der Waals surface area contributed by atoms with E-state index in [0.29, 0.717) is 6.04 Å². The Bertz CT molecular complexity index is 570. The molecule has 0 aliphatic rings. The molecule has 0 spiro atoms. The molecule has 2 rings (SSSR count). The first-order chi connectivity index (χ1) is 10.7. The van der Waals surface area contributed by atoms with Gasteiger partial charge in [-0.05, 0) is 31.1 Å². The highest BCUT2D eigenvalue weighted by Crippen LogP contribution is 2.22. The summed E-state index contributed by atoms with van der Waals surface area (Å²) in [6.07, 6.45) is 0. The van der Waals surface area contributed by atoms with Gasteiger partial charge in [0.25, 0.3) is 0 Å². The molecule has 1 aromatic heterocycles. The number of hydrogen-bond donors (Lipinski definition) is 2. The molecule has 4 nitrogen and oxygen atoms in total. The molecule has 126 valence electrons. The number of aliphatic imine (C=N–C) groups is 1. The number of thiophene rings is 1. The topological polar surface area (TPSA) is 39.7 Å². The number of hydrogen-bond acceptors (Lipinski definition) is 3. The Morgan fingerprint density at radius 1 is 1.13 bits per heavy atom. The van der Waals surface area contributed by atoms with Crippen LogP contribution in [0.1, 0.15) is 16.5 Å². The molecular weight excluding hydrogens is 419 g/mol. The van der Waals surface area contributed by atoms with Crippen molar-refractivity contribution in [2.75, 3.05) is 27.7 Å². The maximum Gasteiger partial charge on any atom is 0.191 e. The Balaban J connectivity index is 0.00000264. The van der Waals surface area contributed by atoms with Gasteiger partial charge in [-0.3, -0.25) is 4.99 Å². The highest BCUT2D eigenvalue weighted by atomic mass is 127. The Kier molecular flexibility index (Phi) is 9.20. The summed E-state index contributed by atoms with van der Waals surface area (Å²) < 4.78 is 0. The lowest BCUT2D eigenvalue weighted by Crippen LogP contribution is -2.41. The van der Waals surface area contributed by atoms with Crippen LogP contribution >= 0.6 is 35.3 Å². The van der Waals surface area contributed by atoms with Crippen molar-refractivity contribution < 1.29 is 0 Å². The van der Waals surface area contributed by atoms with Gasteiger partial charge in [0.05, 0.1) is 6.04 Å². The molecule has 23 heavy (non-hydrogen) atoms. The van der Waals surface area contributed by atoms with Crippen LogP contribution < -0.4 is 10.6 Å². The molecule has 0 aliphatic carbocycles. The zero-order valence-corrected chi connectivity index (χ0v) is 17.0. The smallest absolute Gasteiger partial charge is 0.191 e. The lowest BCUT2D eigenvalue weighted by atomic mass is 10.2. The zero-order valence-electron chi connectivity index (χ0n) is 13.8.